The number of amides is 1. The highest BCUT2D eigenvalue weighted by molar-refractivity contribution is 5.74. The van der Waals surface area contributed by atoms with Crippen LogP contribution in [0.15, 0.2) is 24.3 Å². The van der Waals surface area contributed by atoms with Gasteiger partial charge in [0.1, 0.15) is 5.75 Å². The van der Waals surface area contributed by atoms with E-state index >= 15 is 0 Å². The molecule has 1 aromatic carbocycles. The quantitative estimate of drug-likeness (QED) is 0.685. The van der Waals surface area contributed by atoms with Gasteiger partial charge in [0.25, 0.3) is 0 Å². The monoisotopic (exact) mass is 289 g/mol. The highest BCUT2D eigenvalue weighted by atomic mass is 19.4. The molecule has 0 spiro atoms. The number of hydrogen-bond donors (Lipinski definition) is 1. The zero-order chi connectivity index (χ0) is 15.3. The lowest BCUT2D eigenvalue weighted by Crippen LogP contribution is -2.30. The van der Waals surface area contributed by atoms with Gasteiger partial charge in [-0.2, -0.15) is 13.2 Å². The molecule has 0 aliphatic heterocycles. The number of halogens is 3. The molecule has 0 aliphatic carbocycles. The smallest absolute Gasteiger partial charge is 0.391 e. The fourth-order valence-corrected chi connectivity index (χ4v) is 1.73. The van der Waals surface area contributed by atoms with Crippen molar-refractivity contribution in [3.05, 3.63) is 29.8 Å². The van der Waals surface area contributed by atoms with Crippen molar-refractivity contribution in [3.8, 4) is 5.75 Å². The average molecular weight is 289 g/mol. The minimum atomic E-state index is -4.46. The molecule has 20 heavy (non-hydrogen) atoms. The molecule has 7 heteroatoms. The molecule has 1 aromatic rings. The maximum absolute atomic E-state index is 12.6. The van der Waals surface area contributed by atoms with Gasteiger partial charge in [-0.15, -0.1) is 0 Å². The van der Waals surface area contributed by atoms with E-state index in [4.69, 9.17) is 4.74 Å². The van der Waals surface area contributed by atoms with Crippen LogP contribution in [0.25, 0.3) is 0 Å². The lowest BCUT2D eigenvalue weighted by molar-refractivity contribution is -0.142. The largest absolute Gasteiger partial charge is 0.426 e. The van der Waals surface area contributed by atoms with Crippen LogP contribution in [0.5, 0.6) is 5.75 Å². The summed E-state index contributed by atoms with van der Waals surface area (Å²) >= 11 is 0. The molecule has 0 heterocycles. The van der Waals surface area contributed by atoms with Gasteiger partial charge in [0.2, 0.25) is 5.91 Å². The predicted octanol–water partition coefficient (Wildman–Crippen LogP) is 2.74. The number of para-hydroxylation sites is 1. The molecule has 1 amide bonds. The van der Waals surface area contributed by atoms with E-state index in [-0.39, 0.29) is 11.3 Å². The van der Waals surface area contributed by atoms with Crippen molar-refractivity contribution in [1.82, 2.24) is 5.32 Å². The first-order chi connectivity index (χ1) is 9.19. The van der Waals surface area contributed by atoms with Crippen molar-refractivity contribution in [1.29, 1.82) is 0 Å². The summed E-state index contributed by atoms with van der Waals surface area (Å²) in [7, 11) is 0. The molecule has 0 aliphatic rings. The van der Waals surface area contributed by atoms with E-state index in [0.29, 0.717) is 0 Å². The SMILES string of the molecule is CC(=O)NC(CC(F)(F)F)c1ccccc1OC(C)=O. The number of esters is 1. The van der Waals surface area contributed by atoms with E-state index in [1.807, 2.05) is 0 Å². The van der Waals surface area contributed by atoms with Crippen molar-refractivity contribution in [2.75, 3.05) is 0 Å². The zero-order valence-corrected chi connectivity index (χ0v) is 11.0. The molecule has 1 unspecified atom stereocenters. The maximum Gasteiger partial charge on any atom is 0.391 e. The highest BCUT2D eigenvalue weighted by Gasteiger charge is 2.34. The fraction of sp³-hybridized carbons (Fsp3) is 0.385. The first-order valence-electron chi connectivity index (χ1n) is 5.80. The van der Waals surface area contributed by atoms with Crippen LogP contribution in [-0.4, -0.2) is 18.1 Å². The van der Waals surface area contributed by atoms with Gasteiger partial charge in [0.15, 0.2) is 0 Å². The molecule has 0 saturated heterocycles. The Balaban J connectivity index is 3.12. The Hall–Kier alpha value is -2.05. The highest BCUT2D eigenvalue weighted by Crippen LogP contribution is 2.34. The van der Waals surface area contributed by atoms with E-state index in [1.165, 1.54) is 24.3 Å². The molecule has 0 fully saturated rings. The second kappa shape index (κ2) is 6.40. The Labute approximate surface area is 113 Å². The first kappa shape index (κ1) is 16.0. The van der Waals surface area contributed by atoms with Crippen molar-refractivity contribution < 1.29 is 27.5 Å². The van der Waals surface area contributed by atoms with Crippen molar-refractivity contribution >= 4 is 11.9 Å². The Bertz CT molecular complexity index is 500. The minimum Gasteiger partial charge on any atom is -0.426 e. The van der Waals surface area contributed by atoms with Gasteiger partial charge in [-0.05, 0) is 6.07 Å². The number of carbonyl (C=O) groups is 2. The normalized spacial score (nSPS) is 12.7. The van der Waals surface area contributed by atoms with Crippen LogP contribution in [-0.2, 0) is 9.59 Å². The van der Waals surface area contributed by atoms with Crippen LogP contribution in [0.4, 0.5) is 13.2 Å². The number of nitrogens with one attached hydrogen (secondary N) is 1. The van der Waals surface area contributed by atoms with Crippen LogP contribution >= 0.6 is 0 Å². The molecular formula is C13H14F3NO3. The van der Waals surface area contributed by atoms with E-state index in [0.717, 1.165) is 13.8 Å². The van der Waals surface area contributed by atoms with Crippen LogP contribution in [0.1, 0.15) is 31.9 Å². The minimum absolute atomic E-state index is 0.00278. The molecule has 0 aromatic heterocycles. The second-order valence-corrected chi connectivity index (χ2v) is 4.20. The Kier molecular flexibility index (Phi) is 5.12. The zero-order valence-electron chi connectivity index (χ0n) is 11.0. The van der Waals surface area contributed by atoms with Crippen LogP contribution in [0.3, 0.4) is 0 Å². The lowest BCUT2D eigenvalue weighted by atomic mass is 10.0. The van der Waals surface area contributed by atoms with Crippen LogP contribution in [0, 0.1) is 0 Å². The summed E-state index contributed by atoms with van der Waals surface area (Å²) in [6.07, 6.45) is -5.71. The first-order valence-corrected chi connectivity index (χ1v) is 5.80. The molecule has 4 nitrogen and oxygen atoms in total. The Morgan fingerprint density at radius 3 is 2.35 bits per heavy atom. The fourth-order valence-electron chi connectivity index (χ4n) is 1.73. The van der Waals surface area contributed by atoms with Gasteiger partial charge in [-0.1, -0.05) is 18.2 Å². The number of alkyl halides is 3. The van der Waals surface area contributed by atoms with Crippen LogP contribution in [0.2, 0.25) is 0 Å². The third kappa shape index (κ3) is 5.29. The van der Waals surface area contributed by atoms with E-state index in [9.17, 15) is 22.8 Å². The molecule has 1 atom stereocenters. The third-order valence-electron chi connectivity index (χ3n) is 2.36. The molecule has 1 N–H and O–H groups in total. The second-order valence-electron chi connectivity index (χ2n) is 4.20. The summed E-state index contributed by atoms with van der Waals surface area (Å²) in [4.78, 5) is 22.0. The summed E-state index contributed by atoms with van der Waals surface area (Å²) < 4.78 is 42.6. The number of benzene rings is 1. The Morgan fingerprint density at radius 2 is 1.85 bits per heavy atom. The molecule has 1 rings (SSSR count). The van der Waals surface area contributed by atoms with Gasteiger partial charge >= 0.3 is 12.1 Å². The van der Waals surface area contributed by atoms with Gasteiger partial charge in [-0.3, -0.25) is 9.59 Å². The van der Waals surface area contributed by atoms with Gasteiger partial charge < -0.3 is 10.1 Å². The Morgan fingerprint density at radius 1 is 1.25 bits per heavy atom. The third-order valence-corrected chi connectivity index (χ3v) is 2.36. The number of ether oxygens (including phenoxy) is 1. The average Bonchev–Trinajstić information content (AvgIpc) is 2.25. The predicted molar refractivity (Wildman–Crippen MR) is 65.0 cm³/mol. The standard InChI is InChI=1S/C13H14F3NO3/c1-8(18)17-11(7-13(14,15)16)10-5-3-4-6-12(10)20-9(2)19/h3-6,11H,7H2,1-2H3,(H,17,18). The van der Waals surface area contributed by atoms with Crippen LogP contribution < -0.4 is 10.1 Å². The molecule has 0 saturated carbocycles. The summed E-state index contributed by atoms with van der Waals surface area (Å²) in [5.74, 6) is -1.24. The molecule has 110 valence electrons. The molecule has 0 bridgehead atoms. The van der Waals surface area contributed by atoms with Gasteiger partial charge in [0.05, 0.1) is 12.5 Å². The van der Waals surface area contributed by atoms with E-state index < -0.39 is 30.5 Å². The van der Waals surface area contributed by atoms with E-state index in [1.54, 1.807) is 0 Å². The van der Waals surface area contributed by atoms with Crippen molar-refractivity contribution in [2.45, 2.75) is 32.5 Å². The van der Waals surface area contributed by atoms with Gasteiger partial charge in [0, 0.05) is 19.4 Å². The number of hydrogen-bond acceptors (Lipinski definition) is 3. The summed E-state index contributed by atoms with van der Waals surface area (Å²) in [6.45, 7) is 2.27. The maximum atomic E-state index is 12.6. The molecular weight excluding hydrogens is 275 g/mol. The van der Waals surface area contributed by atoms with E-state index in [2.05, 4.69) is 5.32 Å². The summed E-state index contributed by atoms with van der Waals surface area (Å²) in [5.41, 5.74) is 0.107. The summed E-state index contributed by atoms with van der Waals surface area (Å²) in [5, 5.41) is 2.22. The lowest BCUT2D eigenvalue weighted by Gasteiger charge is -2.21. The topological polar surface area (TPSA) is 55.4 Å². The summed E-state index contributed by atoms with van der Waals surface area (Å²) in [6, 6.07) is 4.49. The van der Waals surface area contributed by atoms with Crippen molar-refractivity contribution in [2.24, 2.45) is 0 Å². The number of rotatable bonds is 4. The molecule has 0 radical (unpaired) electrons. The van der Waals surface area contributed by atoms with Crippen molar-refractivity contribution in [3.63, 3.8) is 0 Å². The van der Waals surface area contributed by atoms with Gasteiger partial charge in [-0.25, -0.2) is 0 Å². The number of carbonyl (C=O) groups excluding carboxylic acids is 2.